The summed E-state index contributed by atoms with van der Waals surface area (Å²) < 4.78 is 10.9. The van der Waals surface area contributed by atoms with Crippen LogP contribution in [0.4, 0.5) is 0 Å². The maximum atomic E-state index is 5.64. The summed E-state index contributed by atoms with van der Waals surface area (Å²) in [7, 11) is 3.45. The summed E-state index contributed by atoms with van der Waals surface area (Å²) >= 11 is 1.72. The molecule has 1 unspecified atom stereocenters. The lowest BCUT2D eigenvalue weighted by atomic mass is 9.89. The topological polar surface area (TPSA) is 43.4 Å². The lowest BCUT2D eigenvalue weighted by Gasteiger charge is -2.27. The Hall–Kier alpha value is -0.490. The monoisotopic (exact) mass is 286 g/mol. The molecule has 0 fully saturated rings. The molecule has 0 radical (unpaired) electrons. The van der Waals surface area contributed by atoms with Crippen molar-refractivity contribution in [2.75, 3.05) is 20.8 Å². The Kier molecular flexibility index (Phi) is 6.39. The Balaban J connectivity index is 3.01. The number of rotatable bonds is 7. The maximum absolute atomic E-state index is 5.64. The summed E-state index contributed by atoms with van der Waals surface area (Å²) in [6.45, 7) is 11.0. The molecule has 0 saturated carbocycles. The van der Waals surface area contributed by atoms with Crippen molar-refractivity contribution in [3.05, 3.63) is 15.6 Å². The second-order valence-electron chi connectivity index (χ2n) is 5.62. The second kappa shape index (κ2) is 7.33. The number of nitrogens with one attached hydrogen (secondary N) is 1. The Morgan fingerprint density at radius 2 is 2.00 bits per heavy atom. The Labute approximate surface area is 120 Å². The van der Waals surface area contributed by atoms with Crippen molar-refractivity contribution in [2.45, 2.75) is 47.0 Å². The van der Waals surface area contributed by atoms with Gasteiger partial charge in [-0.2, -0.15) is 0 Å². The highest BCUT2D eigenvalue weighted by Crippen LogP contribution is 2.38. The number of nitrogens with zero attached hydrogens (tertiary/aromatic N) is 1. The highest BCUT2D eigenvalue weighted by atomic mass is 32.1. The van der Waals surface area contributed by atoms with Crippen molar-refractivity contribution < 1.29 is 9.47 Å². The molecule has 1 aromatic heterocycles. The largest absolute Gasteiger partial charge is 0.378 e. The van der Waals surface area contributed by atoms with Gasteiger partial charge in [-0.15, -0.1) is 11.3 Å². The zero-order chi connectivity index (χ0) is 14.5. The third kappa shape index (κ3) is 4.53. The van der Waals surface area contributed by atoms with Gasteiger partial charge in [0.15, 0.2) is 0 Å². The molecule has 1 rings (SSSR count). The van der Waals surface area contributed by atoms with Crippen LogP contribution in [0, 0.1) is 5.41 Å². The molecule has 5 heteroatoms. The molecule has 0 spiro atoms. The van der Waals surface area contributed by atoms with Gasteiger partial charge in [-0.25, -0.2) is 4.98 Å². The molecule has 19 heavy (non-hydrogen) atoms. The Bertz CT molecular complexity index is 385. The molecular formula is C14H26N2O2S. The van der Waals surface area contributed by atoms with Crippen LogP contribution in [-0.4, -0.2) is 25.7 Å². The maximum Gasteiger partial charge on any atom is 0.123 e. The first-order chi connectivity index (χ1) is 8.93. The first kappa shape index (κ1) is 16.6. The lowest BCUT2D eigenvalue weighted by Crippen LogP contribution is -2.20. The molecular weight excluding hydrogens is 260 g/mol. The molecule has 0 amide bonds. The molecule has 0 aromatic carbocycles. The molecule has 110 valence electrons. The molecule has 1 atom stereocenters. The first-order valence-corrected chi connectivity index (χ1v) is 7.46. The van der Waals surface area contributed by atoms with Crippen LogP contribution < -0.4 is 5.32 Å². The van der Waals surface area contributed by atoms with Crippen LogP contribution in [0.25, 0.3) is 0 Å². The van der Waals surface area contributed by atoms with Crippen LogP contribution in [0.3, 0.4) is 0 Å². The predicted octanol–water partition coefficient (Wildman–Crippen LogP) is 3.13. The van der Waals surface area contributed by atoms with Crippen LogP contribution in [0.2, 0.25) is 0 Å². The summed E-state index contributed by atoms with van der Waals surface area (Å²) in [6.07, 6.45) is 0.0171. The number of hydrogen-bond acceptors (Lipinski definition) is 5. The quantitative estimate of drug-likeness (QED) is 0.836. The van der Waals surface area contributed by atoms with Crippen molar-refractivity contribution >= 4 is 11.3 Å². The third-order valence-corrected chi connectivity index (χ3v) is 4.00. The van der Waals surface area contributed by atoms with E-state index in [1.54, 1.807) is 25.6 Å². The third-order valence-electron chi connectivity index (χ3n) is 2.86. The average Bonchev–Trinajstić information content (AvgIpc) is 2.69. The van der Waals surface area contributed by atoms with E-state index in [1.165, 1.54) is 4.88 Å². The number of aromatic nitrogens is 1. The smallest absolute Gasteiger partial charge is 0.123 e. The summed E-state index contributed by atoms with van der Waals surface area (Å²) in [5.74, 6) is 0. The van der Waals surface area contributed by atoms with E-state index >= 15 is 0 Å². The molecule has 1 N–H and O–H groups in total. The molecule has 0 aliphatic heterocycles. The van der Waals surface area contributed by atoms with Gasteiger partial charge in [0.05, 0.1) is 12.3 Å². The first-order valence-electron chi connectivity index (χ1n) is 6.65. The molecule has 0 aliphatic rings. The lowest BCUT2D eigenvalue weighted by molar-refractivity contribution is 0.0148. The van der Waals surface area contributed by atoms with Gasteiger partial charge >= 0.3 is 0 Å². The molecule has 4 nitrogen and oxygen atoms in total. The number of hydrogen-bond donors (Lipinski definition) is 1. The van der Waals surface area contributed by atoms with Gasteiger partial charge in [0, 0.05) is 25.6 Å². The summed E-state index contributed by atoms with van der Waals surface area (Å²) in [5, 5.41) is 4.38. The normalized spacial score (nSPS) is 13.8. The number of ether oxygens (including phenoxy) is 2. The van der Waals surface area contributed by atoms with Crippen LogP contribution in [0.15, 0.2) is 0 Å². The standard InChI is InChI=1S/C14H26N2O2S/c1-7-15-8-11-10(9-17-5)16-13(19-11)12(18-6)14(2,3)4/h12,15H,7-9H2,1-6H3. The van der Waals surface area contributed by atoms with E-state index in [0.29, 0.717) is 6.61 Å². The van der Waals surface area contributed by atoms with Crippen LogP contribution in [-0.2, 0) is 22.6 Å². The fraction of sp³-hybridized carbons (Fsp3) is 0.786. The van der Waals surface area contributed by atoms with Crippen LogP contribution in [0.1, 0.15) is 49.4 Å². The van der Waals surface area contributed by atoms with Crippen molar-refractivity contribution in [1.29, 1.82) is 0 Å². The zero-order valence-corrected chi connectivity index (χ0v) is 13.7. The second-order valence-corrected chi connectivity index (χ2v) is 6.73. The predicted molar refractivity (Wildman–Crippen MR) is 79.4 cm³/mol. The molecule has 0 bridgehead atoms. The SMILES string of the molecule is CCNCc1sc(C(OC)C(C)(C)C)nc1COC. The Morgan fingerprint density at radius 1 is 1.32 bits per heavy atom. The van der Waals surface area contributed by atoms with Gasteiger partial charge in [-0.3, -0.25) is 0 Å². The molecule has 0 saturated heterocycles. The van der Waals surface area contributed by atoms with E-state index in [2.05, 4.69) is 33.0 Å². The fourth-order valence-electron chi connectivity index (χ4n) is 1.97. The van der Waals surface area contributed by atoms with Crippen LogP contribution in [0.5, 0.6) is 0 Å². The summed E-state index contributed by atoms with van der Waals surface area (Å²) in [5.41, 5.74) is 1.06. The van der Waals surface area contributed by atoms with Gasteiger partial charge < -0.3 is 14.8 Å². The van der Waals surface area contributed by atoms with Gasteiger partial charge in [0.1, 0.15) is 11.1 Å². The summed E-state index contributed by atoms with van der Waals surface area (Å²) in [6, 6.07) is 0. The molecule has 0 aliphatic carbocycles. The van der Waals surface area contributed by atoms with E-state index in [9.17, 15) is 0 Å². The minimum atomic E-state index is 0.0171. The summed E-state index contributed by atoms with van der Waals surface area (Å²) in [4.78, 5) is 5.96. The van der Waals surface area contributed by atoms with Crippen molar-refractivity contribution in [1.82, 2.24) is 10.3 Å². The minimum absolute atomic E-state index is 0.0171. The number of methoxy groups -OCH3 is 2. The van der Waals surface area contributed by atoms with Gasteiger partial charge in [-0.1, -0.05) is 27.7 Å². The van der Waals surface area contributed by atoms with E-state index in [1.807, 2.05) is 0 Å². The van der Waals surface area contributed by atoms with E-state index in [-0.39, 0.29) is 11.5 Å². The van der Waals surface area contributed by atoms with Gasteiger partial charge in [-0.05, 0) is 12.0 Å². The van der Waals surface area contributed by atoms with E-state index < -0.39 is 0 Å². The van der Waals surface area contributed by atoms with E-state index in [4.69, 9.17) is 14.5 Å². The highest BCUT2D eigenvalue weighted by Gasteiger charge is 2.29. The van der Waals surface area contributed by atoms with Gasteiger partial charge in [0.25, 0.3) is 0 Å². The van der Waals surface area contributed by atoms with Crippen molar-refractivity contribution in [3.8, 4) is 0 Å². The molecule has 1 heterocycles. The van der Waals surface area contributed by atoms with Crippen LogP contribution >= 0.6 is 11.3 Å². The average molecular weight is 286 g/mol. The minimum Gasteiger partial charge on any atom is -0.378 e. The molecule has 1 aromatic rings. The fourth-order valence-corrected chi connectivity index (χ4v) is 3.33. The number of thiazole rings is 1. The highest BCUT2D eigenvalue weighted by molar-refractivity contribution is 7.11. The van der Waals surface area contributed by atoms with E-state index in [0.717, 1.165) is 23.8 Å². The Morgan fingerprint density at radius 3 is 2.47 bits per heavy atom. The van der Waals surface area contributed by atoms with Crippen molar-refractivity contribution in [2.24, 2.45) is 5.41 Å². The van der Waals surface area contributed by atoms with Gasteiger partial charge in [0.2, 0.25) is 0 Å². The zero-order valence-electron chi connectivity index (χ0n) is 12.9. The van der Waals surface area contributed by atoms with Crippen molar-refractivity contribution in [3.63, 3.8) is 0 Å².